The van der Waals surface area contributed by atoms with Gasteiger partial charge in [0.1, 0.15) is 5.75 Å². The number of urea groups is 1. The van der Waals surface area contributed by atoms with Gasteiger partial charge in [-0.3, -0.25) is 0 Å². The van der Waals surface area contributed by atoms with E-state index in [0.29, 0.717) is 5.56 Å². The first kappa shape index (κ1) is 19.3. The molecule has 0 radical (unpaired) electrons. The number of amides is 2. The second-order valence-electron chi connectivity index (χ2n) is 6.24. The molecule has 0 bridgehead atoms. The van der Waals surface area contributed by atoms with E-state index in [4.69, 9.17) is 4.74 Å². The fraction of sp³-hybridized carbons (Fsp3) is 0.300. The lowest BCUT2D eigenvalue weighted by Gasteiger charge is -2.25. The topological polar surface area (TPSA) is 78.9 Å². The zero-order valence-electron chi connectivity index (χ0n) is 15.2. The molecule has 0 aliphatic rings. The molecule has 0 aromatic heterocycles. The number of hydrogen-bond donors (Lipinski definition) is 2. The van der Waals surface area contributed by atoms with E-state index in [1.165, 1.54) is 11.9 Å². The van der Waals surface area contributed by atoms with Gasteiger partial charge in [-0.05, 0) is 37.1 Å². The molecule has 0 aliphatic heterocycles. The van der Waals surface area contributed by atoms with Crippen molar-refractivity contribution in [1.29, 1.82) is 0 Å². The van der Waals surface area contributed by atoms with Gasteiger partial charge in [0.25, 0.3) is 0 Å². The van der Waals surface area contributed by atoms with E-state index in [9.17, 15) is 14.7 Å². The molecule has 2 amide bonds. The molecule has 0 saturated carbocycles. The maximum absolute atomic E-state index is 12.4. The fourth-order valence-electron chi connectivity index (χ4n) is 2.59. The molecule has 1 unspecified atom stereocenters. The summed E-state index contributed by atoms with van der Waals surface area (Å²) in [4.78, 5) is 25.2. The molecule has 26 heavy (non-hydrogen) atoms. The Bertz CT molecular complexity index is 746. The number of hydrogen-bond acceptors (Lipinski definition) is 3. The van der Waals surface area contributed by atoms with E-state index in [0.717, 1.165) is 11.3 Å². The number of nitrogens with zero attached hydrogens (tertiary/aromatic N) is 1. The molecular weight excluding hydrogens is 332 g/mol. The van der Waals surface area contributed by atoms with Crippen LogP contribution < -0.4 is 10.1 Å². The summed E-state index contributed by atoms with van der Waals surface area (Å²) >= 11 is 0. The number of carbonyl (C=O) groups excluding carboxylic acids is 1. The molecule has 2 rings (SSSR count). The monoisotopic (exact) mass is 356 g/mol. The third-order valence-electron chi connectivity index (χ3n) is 3.77. The first-order chi connectivity index (χ1) is 12.4. The predicted molar refractivity (Wildman–Crippen MR) is 99.0 cm³/mol. The van der Waals surface area contributed by atoms with Crippen LogP contribution in [0.1, 0.15) is 31.0 Å². The van der Waals surface area contributed by atoms with E-state index < -0.39 is 18.0 Å². The largest absolute Gasteiger partial charge is 0.491 e. The summed E-state index contributed by atoms with van der Waals surface area (Å²) in [6.45, 7) is 4.16. The number of ether oxygens (including phenoxy) is 1. The van der Waals surface area contributed by atoms with Crippen molar-refractivity contribution >= 4 is 12.0 Å². The van der Waals surface area contributed by atoms with E-state index in [-0.39, 0.29) is 12.6 Å². The van der Waals surface area contributed by atoms with Crippen LogP contribution in [-0.2, 0) is 11.3 Å². The number of rotatable bonds is 7. The molecule has 0 heterocycles. The van der Waals surface area contributed by atoms with Crippen LogP contribution in [0.2, 0.25) is 0 Å². The van der Waals surface area contributed by atoms with Crippen LogP contribution >= 0.6 is 0 Å². The van der Waals surface area contributed by atoms with Gasteiger partial charge >= 0.3 is 12.0 Å². The number of benzene rings is 2. The van der Waals surface area contributed by atoms with Crippen LogP contribution in [-0.4, -0.2) is 35.2 Å². The van der Waals surface area contributed by atoms with E-state index in [1.54, 1.807) is 30.3 Å². The molecule has 0 aliphatic carbocycles. The SMILES string of the molecule is CC(C)Oc1cccc(CNC(=O)N(C)C(C(=O)O)c2ccccc2)c1. The molecular formula is C20H24N2O4. The molecule has 0 spiro atoms. The van der Waals surface area contributed by atoms with Gasteiger partial charge in [0.05, 0.1) is 6.10 Å². The summed E-state index contributed by atoms with van der Waals surface area (Å²) < 4.78 is 5.64. The van der Waals surface area contributed by atoms with Gasteiger partial charge in [0.2, 0.25) is 0 Å². The minimum atomic E-state index is -1.08. The lowest BCUT2D eigenvalue weighted by Crippen LogP contribution is -2.42. The number of nitrogens with one attached hydrogen (secondary N) is 1. The normalized spacial score (nSPS) is 11.7. The third kappa shape index (κ3) is 5.24. The summed E-state index contributed by atoms with van der Waals surface area (Å²) in [6, 6.07) is 14.6. The van der Waals surface area contributed by atoms with Crippen molar-refractivity contribution in [2.24, 2.45) is 0 Å². The van der Waals surface area contributed by atoms with Gasteiger partial charge < -0.3 is 20.1 Å². The fourth-order valence-corrected chi connectivity index (χ4v) is 2.59. The molecule has 6 heteroatoms. The van der Waals surface area contributed by atoms with Gasteiger partial charge in [-0.1, -0.05) is 42.5 Å². The first-order valence-electron chi connectivity index (χ1n) is 8.42. The van der Waals surface area contributed by atoms with Crippen LogP contribution in [0.25, 0.3) is 0 Å². The smallest absolute Gasteiger partial charge is 0.331 e. The first-order valence-corrected chi connectivity index (χ1v) is 8.42. The average Bonchev–Trinajstić information content (AvgIpc) is 2.60. The average molecular weight is 356 g/mol. The Morgan fingerprint density at radius 3 is 2.42 bits per heavy atom. The van der Waals surface area contributed by atoms with Crippen molar-refractivity contribution < 1.29 is 19.4 Å². The number of aliphatic carboxylic acids is 1. The molecule has 0 saturated heterocycles. The molecule has 0 fully saturated rings. The minimum Gasteiger partial charge on any atom is -0.491 e. The van der Waals surface area contributed by atoms with Crippen molar-refractivity contribution in [3.05, 3.63) is 65.7 Å². The highest BCUT2D eigenvalue weighted by atomic mass is 16.5. The van der Waals surface area contributed by atoms with Crippen LogP contribution in [0.4, 0.5) is 4.79 Å². The Hall–Kier alpha value is -3.02. The van der Waals surface area contributed by atoms with Crippen LogP contribution in [0.3, 0.4) is 0 Å². The van der Waals surface area contributed by atoms with Crippen LogP contribution in [0.15, 0.2) is 54.6 Å². The van der Waals surface area contributed by atoms with Crippen molar-refractivity contribution in [2.75, 3.05) is 7.05 Å². The second kappa shape index (κ2) is 8.89. The Morgan fingerprint density at radius 2 is 1.81 bits per heavy atom. The van der Waals surface area contributed by atoms with E-state index in [2.05, 4.69) is 5.32 Å². The van der Waals surface area contributed by atoms with Crippen molar-refractivity contribution in [3.63, 3.8) is 0 Å². The summed E-state index contributed by atoms with van der Waals surface area (Å²) in [5.41, 5.74) is 1.42. The summed E-state index contributed by atoms with van der Waals surface area (Å²) in [6.07, 6.45) is 0.0631. The maximum Gasteiger partial charge on any atom is 0.331 e. The zero-order chi connectivity index (χ0) is 19.1. The van der Waals surface area contributed by atoms with Crippen LogP contribution in [0, 0.1) is 0 Å². The summed E-state index contributed by atoms with van der Waals surface area (Å²) in [5, 5.41) is 12.3. The number of carbonyl (C=O) groups is 2. The Kier molecular flexibility index (Phi) is 6.60. The lowest BCUT2D eigenvalue weighted by molar-refractivity contribution is -0.142. The predicted octanol–water partition coefficient (Wildman–Crippen LogP) is 3.44. The molecule has 2 N–H and O–H groups in total. The maximum atomic E-state index is 12.4. The van der Waals surface area contributed by atoms with Crippen molar-refractivity contribution in [1.82, 2.24) is 10.2 Å². The van der Waals surface area contributed by atoms with Gasteiger partial charge in [-0.2, -0.15) is 0 Å². The molecule has 1 atom stereocenters. The highest BCUT2D eigenvalue weighted by Gasteiger charge is 2.28. The van der Waals surface area contributed by atoms with Crippen LogP contribution in [0.5, 0.6) is 5.75 Å². The lowest BCUT2D eigenvalue weighted by atomic mass is 10.1. The van der Waals surface area contributed by atoms with E-state index in [1.807, 2.05) is 38.1 Å². The number of carboxylic acid groups (broad SMARTS) is 1. The summed E-state index contributed by atoms with van der Waals surface area (Å²) in [7, 11) is 1.47. The third-order valence-corrected chi connectivity index (χ3v) is 3.77. The molecule has 138 valence electrons. The van der Waals surface area contributed by atoms with Gasteiger partial charge in [0.15, 0.2) is 6.04 Å². The minimum absolute atomic E-state index is 0.0631. The van der Waals surface area contributed by atoms with Gasteiger partial charge in [0, 0.05) is 13.6 Å². The Balaban J connectivity index is 2.03. The number of carboxylic acids is 1. The Labute approximate surface area is 153 Å². The van der Waals surface area contributed by atoms with Gasteiger partial charge in [-0.15, -0.1) is 0 Å². The highest BCUT2D eigenvalue weighted by Crippen LogP contribution is 2.20. The quantitative estimate of drug-likeness (QED) is 0.796. The number of likely N-dealkylation sites (N-methyl/N-ethyl adjacent to an activating group) is 1. The Morgan fingerprint density at radius 1 is 1.12 bits per heavy atom. The molecule has 6 nitrogen and oxygen atoms in total. The van der Waals surface area contributed by atoms with Gasteiger partial charge in [-0.25, -0.2) is 9.59 Å². The second-order valence-corrected chi connectivity index (χ2v) is 6.24. The standard InChI is InChI=1S/C20H24N2O4/c1-14(2)26-17-11-7-8-15(12-17)13-21-20(25)22(3)18(19(23)24)16-9-5-4-6-10-16/h4-12,14,18H,13H2,1-3H3,(H,21,25)(H,23,24). The highest BCUT2D eigenvalue weighted by molar-refractivity contribution is 5.83. The van der Waals surface area contributed by atoms with Crippen molar-refractivity contribution in [3.8, 4) is 5.75 Å². The van der Waals surface area contributed by atoms with Crippen molar-refractivity contribution in [2.45, 2.75) is 32.5 Å². The van der Waals surface area contributed by atoms with E-state index >= 15 is 0 Å². The zero-order valence-corrected chi connectivity index (χ0v) is 15.2. The summed E-state index contributed by atoms with van der Waals surface area (Å²) in [5.74, 6) is -0.353. The molecule has 2 aromatic rings. The molecule has 2 aromatic carbocycles.